The third kappa shape index (κ3) is 119. The molecule has 0 rings (SSSR count). The van der Waals surface area contributed by atoms with Gasteiger partial charge in [-0.2, -0.15) is 0 Å². The van der Waals surface area contributed by atoms with Gasteiger partial charge in [-0.1, -0.05) is 19.6 Å². The van der Waals surface area contributed by atoms with Crippen LogP contribution in [0.25, 0.3) is 0 Å². The molecule has 0 fully saturated rings. The molecule has 0 aliphatic rings. The summed E-state index contributed by atoms with van der Waals surface area (Å²) in [7, 11) is 0.120. The predicted molar refractivity (Wildman–Crippen MR) is 40.1 cm³/mol. The number of hydrogen-bond donors (Lipinski definition) is 0. The molecule has 0 N–H and O–H groups in total. The van der Waals surface area contributed by atoms with Gasteiger partial charge in [-0.05, 0) is 0 Å². The van der Waals surface area contributed by atoms with Gasteiger partial charge in [0, 0.05) is 28.3 Å². The van der Waals surface area contributed by atoms with Crippen molar-refractivity contribution in [1.82, 2.24) is 0 Å². The third-order valence-corrected chi connectivity index (χ3v) is 0. The molecule has 0 aromatic carbocycles. The van der Waals surface area contributed by atoms with Crippen molar-refractivity contribution in [2.75, 3.05) is 0 Å². The van der Waals surface area contributed by atoms with Crippen LogP contribution in [0.5, 0.6) is 0 Å². The molecule has 0 aromatic heterocycles. The molecular formula is C4H13BrSiZn-. The normalized spacial score (nSPS) is 5.14. The molecule has 0 bridgehead atoms. The minimum atomic E-state index is 0. The van der Waals surface area contributed by atoms with Crippen LogP contribution in [0.2, 0.25) is 19.6 Å². The Morgan fingerprint density at radius 2 is 1.00 bits per heavy atom. The maximum atomic E-state index is 2.27. The van der Waals surface area contributed by atoms with Crippen molar-refractivity contribution in [1.29, 1.82) is 0 Å². The molecular weight excluding hydrogens is 221 g/mol. The van der Waals surface area contributed by atoms with E-state index in [1.54, 1.807) is 0 Å². The summed E-state index contributed by atoms with van der Waals surface area (Å²) in [6.45, 7) is 6.81. The van der Waals surface area contributed by atoms with Crippen LogP contribution in [-0.2, 0) is 19.5 Å². The Kier molecular flexibility index (Phi) is 53.5. The summed E-state index contributed by atoms with van der Waals surface area (Å²) in [4.78, 5) is 0. The zero-order chi connectivity index (χ0) is 3.58. The standard InChI is InChI=1S/C3H9Si.CH3.BrH.Zn/c1-4(2)3;;;/h1-3H3;1H3;1H;/q;-1;;. The number of halogens is 1. The molecule has 3 heteroatoms. The van der Waals surface area contributed by atoms with Gasteiger partial charge in [0.05, 0.1) is 0 Å². The molecule has 0 aliphatic carbocycles. The average Bonchev–Trinajstić information content (AvgIpc) is 0.811. The molecule has 0 amide bonds. The van der Waals surface area contributed by atoms with Crippen molar-refractivity contribution in [3.05, 3.63) is 7.43 Å². The van der Waals surface area contributed by atoms with Gasteiger partial charge in [-0.15, -0.1) is 17.0 Å². The molecule has 0 heterocycles. The summed E-state index contributed by atoms with van der Waals surface area (Å²) in [6, 6.07) is 0. The van der Waals surface area contributed by atoms with E-state index in [0.717, 1.165) is 0 Å². The van der Waals surface area contributed by atoms with Crippen LogP contribution in [-0.4, -0.2) is 8.80 Å². The van der Waals surface area contributed by atoms with E-state index in [4.69, 9.17) is 0 Å². The van der Waals surface area contributed by atoms with E-state index in [2.05, 4.69) is 19.6 Å². The fourth-order valence-corrected chi connectivity index (χ4v) is 0. The second kappa shape index (κ2) is 15.7. The van der Waals surface area contributed by atoms with Gasteiger partial charge in [0.25, 0.3) is 0 Å². The van der Waals surface area contributed by atoms with Crippen LogP contribution in [0.4, 0.5) is 0 Å². The van der Waals surface area contributed by atoms with Crippen LogP contribution in [0.15, 0.2) is 0 Å². The number of hydrogen-bond acceptors (Lipinski definition) is 0. The van der Waals surface area contributed by atoms with Crippen molar-refractivity contribution in [2.24, 2.45) is 0 Å². The molecule has 0 aliphatic heterocycles. The monoisotopic (exact) mass is 232 g/mol. The summed E-state index contributed by atoms with van der Waals surface area (Å²) in [6.07, 6.45) is 0. The molecule has 0 aromatic rings. The first-order valence-corrected chi connectivity index (χ1v) is 4.50. The third-order valence-electron chi connectivity index (χ3n) is 0. The van der Waals surface area contributed by atoms with Gasteiger partial charge in [0.15, 0.2) is 0 Å². The van der Waals surface area contributed by atoms with Gasteiger partial charge in [0.1, 0.15) is 0 Å². The molecule has 0 unspecified atom stereocenters. The molecule has 1 radical (unpaired) electrons. The topological polar surface area (TPSA) is 0 Å². The molecule has 7 heavy (non-hydrogen) atoms. The summed E-state index contributed by atoms with van der Waals surface area (Å²) in [5, 5.41) is 0. The van der Waals surface area contributed by atoms with E-state index in [1.165, 1.54) is 0 Å². The molecule has 0 atom stereocenters. The second-order valence-corrected chi connectivity index (χ2v) is 4.50. The van der Waals surface area contributed by atoms with E-state index in [9.17, 15) is 0 Å². The zero-order valence-electron chi connectivity index (χ0n) is 5.62. The largest absolute Gasteiger partial charge is 0.358 e. The molecule has 43 valence electrons. The first-order chi connectivity index (χ1) is 1.73. The maximum Gasteiger partial charge on any atom is 0.0379 e. The van der Waals surface area contributed by atoms with E-state index < -0.39 is 0 Å². The van der Waals surface area contributed by atoms with Gasteiger partial charge in [0.2, 0.25) is 0 Å². The quantitative estimate of drug-likeness (QED) is 0.446. The van der Waals surface area contributed by atoms with E-state index >= 15 is 0 Å². The first-order valence-electron chi connectivity index (χ1n) is 1.50. The Bertz CT molecular complexity index is 16.4. The van der Waals surface area contributed by atoms with E-state index in [-0.39, 0.29) is 52.7 Å². The minimum absolute atomic E-state index is 0. The summed E-state index contributed by atoms with van der Waals surface area (Å²) in [5.74, 6) is 0. The van der Waals surface area contributed by atoms with Crippen molar-refractivity contribution in [3.8, 4) is 0 Å². The van der Waals surface area contributed by atoms with Gasteiger partial charge < -0.3 is 7.43 Å². The smallest absolute Gasteiger partial charge is 0.0379 e. The fourth-order valence-electron chi connectivity index (χ4n) is 0. The second-order valence-electron chi connectivity index (χ2n) is 1.50. The Hall–Kier alpha value is 1.32. The Balaban J connectivity index is -0.0000000150. The van der Waals surface area contributed by atoms with E-state index in [0.29, 0.717) is 0 Å². The van der Waals surface area contributed by atoms with Crippen molar-refractivity contribution in [2.45, 2.75) is 19.6 Å². The Morgan fingerprint density at radius 1 is 1.00 bits per heavy atom. The van der Waals surface area contributed by atoms with Crippen LogP contribution in [0, 0.1) is 7.43 Å². The SMILES string of the molecule is Br.C[Si](C)C.[CH3-].[Zn]. The Labute approximate surface area is 72.2 Å². The fraction of sp³-hybridized carbons (Fsp3) is 0.750. The van der Waals surface area contributed by atoms with Crippen molar-refractivity contribution < 1.29 is 19.5 Å². The molecule has 0 saturated carbocycles. The molecule has 0 nitrogen and oxygen atoms in total. The van der Waals surface area contributed by atoms with Crippen LogP contribution in [0.3, 0.4) is 0 Å². The molecule has 0 spiro atoms. The van der Waals surface area contributed by atoms with Crippen LogP contribution in [0.1, 0.15) is 0 Å². The van der Waals surface area contributed by atoms with Gasteiger partial charge in [-0.3, -0.25) is 0 Å². The van der Waals surface area contributed by atoms with Crippen LogP contribution < -0.4 is 0 Å². The van der Waals surface area contributed by atoms with Crippen molar-refractivity contribution in [3.63, 3.8) is 0 Å². The van der Waals surface area contributed by atoms with E-state index in [1.807, 2.05) is 0 Å². The molecule has 0 saturated heterocycles. The van der Waals surface area contributed by atoms with Crippen molar-refractivity contribution >= 4 is 25.8 Å². The zero-order valence-corrected chi connectivity index (χ0v) is 11.3. The Morgan fingerprint density at radius 3 is 1.00 bits per heavy atom. The van der Waals surface area contributed by atoms with Gasteiger partial charge >= 0.3 is 0 Å². The summed E-state index contributed by atoms with van der Waals surface area (Å²) >= 11 is 0. The van der Waals surface area contributed by atoms with Gasteiger partial charge in [-0.25, -0.2) is 0 Å². The maximum absolute atomic E-state index is 2.27. The number of rotatable bonds is 0. The minimum Gasteiger partial charge on any atom is -0.358 e. The summed E-state index contributed by atoms with van der Waals surface area (Å²) in [5.41, 5.74) is 0. The van der Waals surface area contributed by atoms with Crippen LogP contribution >= 0.6 is 17.0 Å². The predicted octanol–water partition coefficient (Wildman–Crippen LogP) is 2.40. The average molecular weight is 235 g/mol. The summed E-state index contributed by atoms with van der Waals surface area (Å²) < 4.78 is 0. The first kappa shape index (κ1) is 23.9.